The van der Waals surface area contributed by atoms with Crippen molar-refractivity contribution in [3.8, 4) is 5.75 Å². The summed E-state index contributed by atoms with van der Waals surface area (Å²) in [6, 6.07) is 4.55. The number of nitrogens with zero attached hydrogens (tertiary/aromatic N) is 2. The lowest BCUT2D eigenvalue weighted by atomic mass is 10.2. The maximum atomic E-state index is 13.5. The number of pyridine rings is 2. The molecule has 0 spiro atoms. The highest BCUT2D eigenvalue weighted by Crippen LogP contribution is 2.28. The zero-order chi connectivity index (χ0) is 13.1. The normalized spacial score (nSPS) is 12.2. The molecule has 2 aromatic heterocycles. The first kappa shape index (κ1) is 12.8. The van der Waals surface area contributed by atoms with Crippen molar-refractivity contribution in [1.29, 1.82) is 0 Å². The first-order valence-corrected chi connectivity index (χ1v) is 6.05. The second kappa shape index (κ2) is 5.30. The second-order valence-electron chi connectivity index (χ2n) is 3.67. The van der Waals surface area contributed by atoms with E-state index < -0.39 is 11.9 Å². The van der Waals surface area contributed by atoms with Crippen LogP contribution in [0.15, 0.2) is 35.1 Å². The molecular weight excluding hydrogens is 301 g/mol. The van der Waals surface area contributed by atoms with Crippen LogP contribution in [-0.2, 0) is 0 Å². The van der Waals surface area contributed by atoms with Gasteiger partial charge in [0.25, 0.3) is 0 Å². The fourth-order valence-corrected chi connectivity index (χ4v) is 1.78. The molecule has 0 aliphatic heterocycles. The first-order chi connectivity index (χ1) is 8.58. The third-order valence-electron chi connectivity index (χ3n) is 2.32. The highest BCUT2D eigenvalue weighted by atomic mass is 79.9. The predicted molar refractivity (Wildman–Crippen MR) is 69.6 cm³/mol. The third kappa shape index (κ3) is 2.76. The number of rotatable bonds is 3. The van der Waals surface area contributed by atoms with Crippen molar-refractivity contribution in [1.82, 2.24) is 9.97 Å². The Balaban J connectivity index is 2.24. The van der Waals surface area contributed by atoms with E-state index in [2.05, 4.69) is 25.9 Å². The van der Waals surface area contributed by atoms with Gasteiger partial charge in [-0.3, -0.25) is 4.98 Å². The summed E-state index contributed by atoms with van der Waals surface area (Å²) in [4.78, 5) is 7.89. The monoisotopic (exact) mass is 311 g/mol. The van der Waals surface area contributed by atoms with Crippen molar-refractivity contribution in [2.45, 2.75) is 13.0 Å². The van der Waals surface area contributed by atoms with Crippen LogP contribution in [0.3, 0.4) is 0 Å². The lowest BCUT2D eigenvalue weighted by Crippen LogP contribution is -2.09. The van der Waals surface area contributed by atoms with Gasteiger partial charge in [-0.15, -0.1) is 0 Å². The van der Waals surface area contributed by atoms with E-state index >= 15 is 0 Å². The number of aromatic nitrogens is 2. The van der Waals surface area contributed by atoms with E-state index in [0.29, 0.717) is 5.75 Å². The molecule has 2 heterocycles. The Kier molecular flexibility index (Phi) is 3.76. The molecule has 0 fully saturated rings. The molecule has 4 nitrogen and oxygen atoms in total. The van der Waals surface area contributed by atoms with Gasteiger partial charge in [-0.25, -0.2) is 9.37 Å². The average Bonchev–Trinajstić information content (AvgIpc) is 2.34. The molecule has 0 radical (unpaired) electrons. The Hall–Kier alpha value is -1.69. The van der Waals surface area contributed by atoms with Crippen LogP contribution >= 0.6 is 15.9 Å². The lowest BCUT2D eigenvalue weighted by Gasteiger charge is -2.15. The van der Waals surface area contributed by atoms with E-state index in [1.54, 1.807) is 19.2 Å². The predicted octanol–water partition coefficient (Wildman–Crippen LogP) is 3.10. The third-order valence-corrected chi connectivity index (χ3v) is 2.76. The Morgan fingerprint density at radius 3 is 2.94 bits per heavy atom. The van der Waals surface area contributed by atoms with E-state index in [0.717, 1.165) is 4.47 Å². The van der Waals surface area contributed by atoms with Crippen molar-refractivity contribution >= 4 is 21.7 Å². The smallest absolute Gasteiger partial charge is 0.166 e. The lowest BCUT2D eigenvalue weighted by molar-refractivity contribution is 0.216. The molecule has 1 atom stereocenters. The molecule has 2 rings (SSSR count). The molecule has 2 N–H and O–H groups in total. The number of anilines is 1. The maximum absolute atomic E-state index is 13.5. The van der Waals surface area contributed by atoms with Crippen LogP contribution in [0.2, 0.25) is 0 Å². The molecule has 0 saturated carbocycles. The van der Waals surface area contributed by atoms with Crippen LogP contribution in [0.25, 0.3) is 0 Å². The van der Waals surface area contributed by atoms with Crippen LogP contribution in [0.5, 0.6) is 5.75 Å². The SMILES string of the molecule is CC(Oc1cc(Br)cnc1N)c1ncccc1F. The minimum absolute atomic E-state index is 0.233. The molecular formula is C12H11BrFN3O. The maximum Gasteiger partial charge on any atom is 0.166 e. The Morgan fingerprint density at radius 2 is 2.22 bits per heavy atom. The van der Waals surface area contributed by atoms with Gasteiger partial charge >= 0.3 is 0 Å². The van der Waals surface area contributed by atoms with Crippen LogP contribution < -0.4 is 10.5 Å². The largest absolute Gasteiger partial charge is 0.480 e. The number of halogens is 2. The summed E-state index contributed by atoms with van der Waals surface area (Å²) in [5.41, 5.74) is 5.92. The first-order valence-electron chi connectivity index (χ1n) is 5.26. The van der Waals surface area contributed by atoms with E-state index in [9.17, 15) is 4.39 Å². The van der Waals surface area contributed by atoms with E-state index in [1.807, 2.05) is 0 Å². The number of hydrogen-bond acceptors (Lipinski definition) is 4. The standard InChI is InChI=1S/C12H11BrFN3O/c1-7(11-9(14)3-2-4-16-11)18-10-5-8(13)6-17-12(10)15/h2-7H,1H3,(H2,15,17). The number of nitrogens with two attached hydrogens (primary N) is 1. The molecule has 0 amide bonds. The van der Waals surface area contributed by atoms with E-state index in [-0.39, 0.29) is 11.5 Å². The van der Waals surface area contributed by atoms with Crippen LogP contribution in [0.4, 0.5) is 10.2 Å². The quantitative estimate of drug-likeness (QED) is 0.946. The Labute approximate surface area is 112 Å². The van der Waals surface area contributed by atoms with Gasteiger partial charge in [-0.05, 0) is 41.1 Å². The van der Waals surface area contributed by atoms with Crippen molar-refractivity contribution in [3.63, 3.8) is 0 Å². The summed E-state index contributed by atoms with van der Waals surface area (Å²) >= 11 is 3.27. The highest BCUT2D eigenvalue weighted by Gasteiger charge is 2.15. The number of ether oxygens (including phenoxy) is 1. The summed E-state index contributed by atoms with van der Waals surface area (Å²) in [5, 5.41) is 0. The molecule has 0 aliphatic rings. The van der Waals surface area contributed by atoms with Gasteiger partial charge in [-0.1, -0.05) is 0 Å². The minimum atomic E-state index is -0.551. The van der Waals surface area contributed by atoms with Crippen molar-refractivity contribution < 1.29 is 9.13 Å². The molecule has 0 saturated heterocycles. The van der Waals surface area contributed by atoms with E-state index in [1.165, 1.54) is 18.3 Å². The summed E-state index contributed by atoms with van der Waals surface area (Å²) in [6.07, 6.45) is 2.53. The molecule has 6 heteroatoms. The van der Waals surface area contributed by atoms with Crippen LogP contribution in [0.1, 0.15) is 18.7 Å². The summed E-state index contributed by atoms with van der Waals surface area (Å²) in [5.74, 6) is 0.231. The topological polar surface area (TPSA) is 61.0 Å². The summed E-state index contributed by atoms with van der Waals surface area (Å²) < 4.78 is 19.8. The van der Waals surface area contributed by atoms with Gasteiger partial charge < -0.3 is 10.5 Å². The zero-order valence-corrected chi connectivity index (χ0v) is 11.2. The van der Waals surface area contributed by atoms with Gasteiger partial charge in [0, 0.05) is 16.9 Å². The summed E-state index contributed by atoms with van der Waals surface area (Å²) in [7, 11) is 0. The summed E-state index contributed by atoms with van der Waals surface area (Å²) in [6.45, 7) is 1.70. The molecule has 0 aromatic carbocycles. The van der Waals surface area contributed by atoms with Crippen molar-refractivity contribution in [2.24, 2.45) is 0 Å². The van der Waals surface area contributed by atoms with Crippen LogP contribution in [-0.4, -0.2) is 9.97 Å². The van der Waals surface area contributed by atoms with Crippen molar-refractivity contribution in [2.75, 3.05) is 5.73 Å². The number of nitrogen functional groups attached to an aromatic ring is 1. The Bertz CT molecular complexity index is 565. The fraction of sp³-hybridized carbons (Fsp3) is 0.167. The fourth-order valence-electron chi connectivity index (χ4n) is 1.47. The molecule has 94 valence electrons. The Morgan fingerprint density at radius 1 is 1.44 bits per heavy atom. The van der Waals surface area contributed by atoms with Gasteiger partial charge in [0.2, 0.25) is 0 Å². The van der Waals surface area contributed by atoms with Gasteiger partial charge in [0.1, 0.15) is 17.6 Å². The zero-order valence-electron chi connectivity index (χ0n) is 9.60. The minimum Gasteiger partial charge on any atom is -0.480 e. The number of hydrogen-bond donors (Lipinski definition) is 1. The van der Waals surface area contributed by atoms with Gasteiger partial charge in [-0.2, -0.15) is 0 Å². The molecule has 2 aromatic rings. The van der Waals surface area contributed by atoms with Crippen molar-refractivity contribution in [3.05, 3.63) is 46.6 Å². The van der Waals surface area contributed by atoms with Gasteiger partial charge in [0.15, 0.2) is 11.6 Å². The molecule has 18 heavy (non-hydrogen) atoms. The van der Waals surface area contributed by atoms with Gasteiger partial charge in [0.05, 0.1) is 0 Å². The second-order valence-corrected chi connectivity index (χ2v) is 4.58. The molecule has 0 bridgehead atoms. The highest BCUT2D eigenvalue weighted by molar-refractivity contribution is 9.10. The van der Waals surface area contributed by atoms with E-state index in [4.69, 9.17) is 10.5 Å². The molecule has 0 aliphatic carbocycles. The van der Waals surface area contributed by atoms with Crippen LogP contribution in [0, 0.1) is 5.82 Å². The average molecular weight is 312 g/mol. The molecule has 1 unspecified atom stereocenters.